The molecule has 0 radical (unpaired) electrons. The van der Waals surface area contributed by atoms with Crippen molar-refractivity contribution in [2.24, 2.45) is 0 Å². The highest BCUT2D eigenvalue weighted by atomic mass is 127. The summed E-state index contributed by atoms with van der Waals surface area (Å²) in [7, 11) is 1.93. The van der Waals surface area contributed by atoms with E-state index in [9.17, 15) is 4.79 Å². The summed E-state index contributed by atoms with van der Waals surface area (Å²) in [6, 6.07) is -0.0683. The zero-order chi connectivity index (χ0) is 10.3. The molecule has 0 N–H and O–H groups in total. The Hall–Kier alpha value is 0.0800. The molecule has 0 saturated carbocycles. The van der Waals surface area contributed by atoms with Gasteiger partial charge in [-0.25, -0.2) is 5.01 Å². The van der Waals surface area contributed by atoms with Crippen molar-refractivity contribution in [1.82, 2.24) is 13.1 Å². The highest BCUT2D eigenvalue weighted by molar-refractivity contribution is 14.1. The molecule has 14 heavy (non-hydrogen) atoms. The number of hydrazine groups is 1. The maximum absolute atomic E-state index is 11.9. The molecule has 2 saturated heterocycles. The van der Waals surface area contributed by atoms with Gasteiger partial charge in [0, 0.05) is 36.5 Å². The van der Waals surface area contributed by atoms with Crippen LogP contribution in [0.25, 0.3) is 0 Å². The number of carbonyl (C=O) groups excluding carboxylic acids is 1. The summed E-state index contributed by atoms with van der Waals surface area (Å²) in [6.07, 6.45) is 0.0676. The summed E-state index contributed by atoms with van der Waals surface area (Å²) in [5.74, 6) is 0.203. The highest BCUT2D eigenvalue weighted by Gasteiger charge is 2.42. The molecule has 0 aromatic carbocycles. The summed E-state index contributed by atoms with van der Waals surface area (Å²) in [6.45, 7) is 3.90. The van der Waals surface area contributed by atoms with E-state index in [1.54, 1.807) is 0 Å². The topological polar surface area (TPSA) is 36.0 Å². The Balaban J connectivity index is 2.21. The van der Waals surface area contributed by atoms with E-state index in [2.05, 4.69) is 22.9 Å². The number of hydrogen-bond donors (Lipinski definition) is 0. The van der Waals surface area contributed by atoms with Gasteiger partial charge in [0.05, 0.1) is 13.2 Å². The first kappa shape index (κ1) is 10.6. The molecule has 0 spiro atoms. The van der Waals surface area contributed by atoms with Crippen molar-refractivity contribution in [3.8, 4) is 0 Å². The Kier molecular flexibility index (Phi) is 2.96. The molecule has 0 bridgehead atoms. The van der Waals surface area contributed by atoms with Gasteiger partial charge < -0.3 is 9.64 Å². The molecule has 5 nitrogen and oxygen atoms in total. The van der Waals surface area contributed by atoms with Crippen molar-refractivity contribution >= 4 is 28.8 Å². The molecule has 2 aliphatic rings. The van der Waals surface area contributed by atoms with Crippen molar-refractivity contribution < 1.29 is 9.53 Å². The number of hydrogen-bond acceptors (Lipinski definition) is 4. The zero-order valence-electron chi connectivity index (χ0n) is 8.31. The number of halogens is 1. The van der Waals surface area contributed by atoms with Gasteiger partial charge >= 0.3 is 0 Å². The van der Waals surface area contributed by atoms with Gasteiger partial charge in [-0.05, 0) is 6.92 Å². The molecule has 6 heteroatoms. The van der Waals surface area contributed by atoms with Crippen LogP contribution in [-0.2, 0) is 9.53 Å². The van der Waals surface area contributed by atoms with E-state index in [1.807, 2.05) is 27.1 Å². The first-order valence-corrected chi connectivity index (χ1v) is 5.65. The van der Waals surface area contributed by atoms with E-state index in [0.29, 0.717) is 19.8 Å². The van der Waals surface area contributed by atoms with Crippen LogP contribution in [0, 0.1) is 0 Å². The Morgan fingerprint density at radius 1 is 1.57 bits per heavy atom. The molecule has 0 aromatic heterocycles. The third kappa shape index (κ3) is 1.54. The number of ether oxygens (including phenoxy) is 1. The van der Waals surface area contributed by atoms with E-state index in [4.69, 9.17) is 4.74 Å². The van der Waals surface area contributed by atoms with Gasteiger partial charge in [0.25, 0.3) is 0 Å². The van der Waals surface area contributed by atoms with E-state index in [-0.39, 0.29) is 18.1 Å². The second-order valence-corrected chi connectivity index (χ2v) is 4.61. The van der Waals surface area contributed by atoms with Crippen LogP contribution < -0.4 is 0 Å². The first-order valence-electron chi connectivity index (χ1n) is 4.69. The van der Waals surface area contributed by atoms with Crippen molar-refractivity contribution in [1.29, 1.82) is 0 Å². The predicted octanol–water partition coefficient (Wildman–Crippen LogP) is 0.0722. The summed E-state index contributed by atoms with van der Waals surface area (Å²) in [5.41, 5.74) is 0. The van der Waals surface area contributed by atoms with Crippen LogP contribution in [0.2, 0.25) is 0 Å². The van der Waals surface area contributed by atoms with E-state index in [0.717, 1.165) is 0 Å². The zero-order valence-corrected chi connectivity index (χ0v) is 10.5. The number of rotatable bonds is 0. The predicted molar refractivity (Wildman–Crippen MR) is 59.4 cm³/mol. The summed E-state index contributed by atoms with van der Waals surface area (Å²) in [5, 5.41) is 1.96. The number of likely N-dealkylation sites (N-methyl/N-ethyl adjacent to an activating group) is 1. The molecular formula is C8H14IN3O2. The van der Waals surface area contributed by atoms with Crippen molar-refractivity contribution in [2.45, 2.75) is 19.1 Å². The minimum Gasteiger partial charge on any atom is -0.376 e. The summed E-state index contributed by atoms with van der Waals surface area (Å²) < 4.78 is 7.42. The van der Waals surface area contributed by atoms with Crippen LogP contribution in [0.4, 0.5) is 0 Å². The van der Waals surface area contributed by atoms with E-state index in [1.165, 1.54) is 0 Å². The van der Waals surface area contributed by atoms with Crippen molar-refractivity contribution in [2.75, 3.05) is 26.8 Å². The smallest absolute Gasteiger partial charge is 0.242 e. The summed E-state index contributed by atoms with van der Waals surface area (Å²) >= 11 is 2.23. The molecule has 2 aliphatic heterocycles. The second kappa shape index (κ2) is 3.92. The van der Waals surface area contributed by atoms with Crippen LogP contribution in [0.15, 0.2) is 0 Å². The maximum Gasteiger partial charge on any atom is 0.242 e. The number of amides is 1. The van der Waals surface area contributed by atoms with Crippen LogP contribution in [-0.4, -0.2) is 58.1 Å². The number of fused-ring (bicyclic) bond motifs is 1. The SMILES string of the molecule is CC1C(=O)N2CCOC[C@H]2N(I)N1C. The molecule has 0 aliphatic carbocycles. The third-order valence-electron chi connectivity index (χ3n) is 2.85. The largest absolute Gasteiger partial charge is 0.376 e. The molecule has 1 unspecified atom stereocenters. The lowest BCUT2D eigenvalue weighted by Crippen LogP contribution is -2.67. The van der Waals surface area contributed by atoms with Crippen LogP contribution in [0.5, 0.6) is 0 Å². The Morgan fingerprint density at radius 2 is 2.29 bits per heavy atom. The van der Waals surface area contributed by atoms with Gasteiger partial charge in [-0.15, -0.1) is 0 Å². The lowest BCUT2D eigenvalue weighted by Gasteiger charge is -2.49. The number of nitrogens with zero attached hydrogens (tertiary/aromatic N) is 3. The molecule has 2 atom stereocenters. The van der Waals surface area contributed by atoms with Gasteiger partial charge in [0.2, 0.25) is 5.91 Å². The Bertz CT molecular complexity index is 251. The highest BCUT2D eigenvalue weighted by Crippen LogP contribution is 2.25. The van der Waals surface area contributed by atoms with Crippen LogP contribution in [0.3, 0.4) is 0 Å². The minimum absolute atomic E-state index is 0.0676. The van der Waals surface area contributed by atoms with Gasteiger partial charge in [-0.2, -0.15) is 3.22 Å². The standard InChI is InChI=1S/C8H14IN3O2/c1-6-8(13)11-3-4-14-5-7(11)12(9)10(6)2/h6-7H,3-5H2,1-2H3/t6?,7-/m1/s1. The molecule has 2 rings (SSSR count). The van der Waals surface area contributed by atoms with Crippen molar-refractivity contribution in [3.63, 3.8) is 0 Å². The first-order chi connectivity index (χ1) is 6.63. The number of morpholine rings is 1. The fourth-order valence-corrected chi connectivity index (χ4v) is 2.63. The minimum atomic E-state index is -0.0683. The molecular weight excluding hydrogens is 297 g/mol. The average molecular weight is 311 g/mol. The fraction of sp³-hybridized carbons (Fsp3) is 0.875. The normalized spacial score (nSPS) is 35.9. The van der Waals surface area contributed by atoms with Gasteiger partial charge in [0.1, 0.15) is 12.2 Å². The van der Waals surface area contributed by atoms with E-state index < -0.39 is 0 Å². The van der Waals surface area contributed by atoms with Crippen molar-refractivity contribution in [3.05, 3.63) is 0 Å². The van der Waals surface area contributed by atoms with Gasteiger partial charge in [-0.3, -0.25) is 4.79 Å². The maximum atomic E-state index is 11.9. The van der Waals surface area contributed by atoms with Crippen LogP contribution >= 0.6 is 22.9 Å². The molecule has 1 amide bonds. The second-order valence-electron chi connectivity index (χ2n) is 3.63. The third-order valence-corrected chi connectivity index (χ3v) is 4.18. The summed E-state index contributed by atoms with van der Waals surface area (Å²) in [4.78, 5) is 13.8. The van der Waals surface area contributed by atoms with E-state index >= 15 is 0 Å². The van der Waals surface area contributed by atoms with Gasteiger partial charge in [-0.1, -0.05) is 0 Å². The molecule has 0 aromatic rings. The number of carbonyl (C=O) groups is 1. The fourth-order valence-electron chi connectivity index (χ4n) is 1.80. The Labute approximate surface area is 97.4 Å². The lowest BCUT2D eigenvalue weighted by atomic mass is 10.2. The molecule has 80 valence electrons. The molecule has 2 fully saturated rings. The van der Waals surface area contributed by atoms with Crippen LogP contribution in [0.1, 0.15) is 6.92 Å². The monoisotopic (exact) mass is 311 g/mol. The average Bonchev–Trinajstić information content (AvgIpc) is 2.23. The Morgan fingerprint density at radius 3 is 3.00 bits per heavy atom. The quantitative estimate of drug-likeness (QED) is 0.469. The molecule has 2 heterocycles. The lowest BCUT2D eigenvalue weighted by molar-refractivity contribution is -0.178. The van der Waals surface area contributed by atoms with Gasteiger partial charge in [0.15, 0.2) is 0 Å².